The first-order chi connectivity index (χ1) is 12.0. The normalized spacial score (nSPS) is 14.0. The van der Waals surface area contributed by atoms with E-state index in [1.807, 2.05) is 0 Å². The van der Waals surface area contributed by atoms with Gasteiger partial charge in [0.2, 0.25) is 5.78 Å². The van der Waals surface area contributed by atoms with Crippen LogP contribution in [0.25, 0.3) is 5.76 Å². The second-order valence-corrected chi connectivity index (χ2v) is 5.27. The molecule has 0 saturated carbocycles. The predicted octanol–water partition coefficient (Wildman–Crippen LogP) is 2.58. The van der Waals surface area contributed by atoms with Crippen molar-refractivity contribution in [2.45, 2.75) is 0 Å². The summed E-state index contributed by atoms with van der Waals surface area (Å²) < 4.78 is 4.61. The van der Waals surface area contributed by atoms with Crippen LogP contribution in [-0.4, -0.2) is 36.0 Å². The van der Waals surface area contributed by atoms with Crippen molar-refractivity contribution in [3.63, 3.8) is 0 Å². The number of hydrogen-bond acceptors (Lipinski definition) is 6. The van der Waals surface area contributed by atoms with E-state index in [0.717, 1.165) is 0 Å². The standard InChI is InChI=1S/C19H13NO5/c1-25-19(24)12-8-6-11(7-9-12)10-20-15-16(21)13-4-2-3-5-14(13)17(22)18(15)23/h2-10,21H,1H3. The number of ether oxygens (including phenoxy) is 1. The second-order valence-electron chi connectivity index (χ2n) is 5.27. The molecule has 0 saturated heterocycles. The number of fused-ring (bicyclic) bond motifs is 1. The highest BCUT2D eigenvalue weighted by molar-refractivity contribution is 6.52. The van der Waals surface area contributed by atoms with Crippen LogP contribution in [0.3, 0.4) is 0 Å². The molecule has 6 heteroatoms. The van der Waals surface area contributed by atoms with Crippen LogP contribution < -0.4 is 0 Å². The number of allylic oxidation sites excluding steroid dienone is 1. The number of carbonyl (C=O) groups is 3. The highest BCUT2D eigenvalue weighted by atomic mass is 16.5. The molecule has 0 amide bonds. The molecule has 3 rings (SSSR count). The van der Waals surface area contributed by atoms with E-state index in [0.29, 0.717) is 11.1 Å². The maximum Gasteiger partial charge on any atom is 0.337 e. The van der Waals surface area contributed by atoms with Crippen molar-refractivity contribution in [1.82, 2.24) is 0 Å². The molecular formula is C19H13NO5. The molecule has 0 radical (unpaired) electrons. The van der Waals surface area contributed by atoms with Gasteiger partial charge in [0.25, 0.3) is 5.78 Å². The molecule has 0 bridgehead atoms. The number of methoxy groups -OCH3 is 1. The van der Waals surface area contributed by atoms with Crippen molar-refractivity contribution in [1.29, 1.82) is 0 Å². The van der Waals surface area contributed by atoms with Crippen molar-refractivity contribution >= 4 is 29.5 Å². The third-order valence-electron chi connectivity index (χ3n) is 3.75. The highest BCUT2D eigenvalue weighted by Gasteiger charge is 2.32. The number of aliphatic hydroxyl groups excluding tert-OH is 1. The van der Waals surface area contributed by atoms with E-state index in [-0.39, 0.29) is 22.6 Å². The second kappa shape index (κ2) is 6.52. The Morgan fingerprint density at radius 1 is 1.00 bits per heavy atom. The number of esters is 1. The lowest BCUT2D eigenvalue weighted by atomic mass is 9.92. The predicted molar refractivity (Wildman–Crippen MR) is 90.7 cm³/mol. The molecule has 0 fully saturated rings. The van der Waals surface area contributed by atoms with E-state index in [4.69, 9.17) is 0 Å². The molecule has 0 atom stereocenters. The summed E-state index contributed by atoms with van der Waals surface area (Å²) in [6, 6.07) is 12.6. The van der Waals surface area contributed by atoms with Gasteiger partial charge in [0.05, 0.1) is 12.7 Å². The molecule has 1 N–H and O–H groups in total. The molecule has 2 aromatic carbocycles. The van der Waals surface area contributed by atoms with Crippen molar-refractivity contribution in [2.24, 2.45) is 4.99 Å². The van der Waals surface area contributed by atoms with Gasteiger partial charge < -0.3 is 9.84 Å². The minimum absolute atomic E-state index is 0.159. The number of nitrogens with zero attached hydrogens (tertiary/aromatic N) is 1. The van der Waals surface area contributed by atoms with E-state index in [2.05, 4.69) is 9.73 Å². The summed E-state index contributed by atoms with van der Waals surface area (Å²) in [6.07, 6.45) is 1.34. The van der Waals surface area contributed by atoms with E-state index in [1.165, 1.54) is 19.4 Å². The Labute approximate surface area is 143 Å². The lowest BCUT2D eigenvalue weighted by Gasteiger charge is -2.14. The summed E-state index contributed by atoms with van der Waals surface area (Å²) >= 11 is 0. The van der Waals surface area contributed by atoms with Crippen LogP contribution in [-0.2, 0) is 9.53 Å². The zero-order valence-corrected chi connectivity index (χ0v) is 13.2. The minimum Gasteiger partial charge on any atom is -0.505 e. The minimum atomic E-state index is -0.862. The Bertz CT molecular complexity index is 939. The monoisotopic (exact) mass is 335 g/mol. The number of rotatable bonds is 3. The number of Topliss-reactive ketones (excluding diaryl/α,β-unsaturated/α-hetero) is 2. The first-order valence-electron chi connectivity index (χ1n) is 7.37. The fourth-order valence-electron chi connectivity index (χ4n) is 2.43. The van der Waals surface area contributed by atoms with Crippen LogP contribution in [0.4, 0.5) is 0 Å². The van der Waals surface area contributed by atoms with E-state index >= 15 is 0 Å². The fourth-order valence-corrected chi connectivity index (χ4v) is 2.43. The first-order valence-corrected chi connectivity index (χ1v) is 7.37. The van der Waals surface area contributed by atoms with E-state index in [1.54, 1.807) is 42.5 Å². The molecule has 6 nitrogen and oxygen atoms in total. The van der Waals surface area contributed by atoms with Gasteiger partial charge in [-0.05, 0) is 17.7 Å². The third-order valence-corrected chi connectivity index (χ3v) is 3.75. The molecule has 2 aromatic rings. The average Bonchev–Trinajstić information content (AvgIpc) is 2.66. The van der Waals surface area contributed by atoms with Gasteiger partial charge in [-0.1, -0.05) is 36.4 Å². The molecule has 0 unspecified atom stereocenters. The number of hydrogen-bond donors (Lipinski definition) is 1. The average molecular weight is 335 g/mol. The van der Waals surface area contributed by atoms with E-state index in [9.17, 15) is 19.5 Å². The van der Waals surface area contributed by atoms with Gasteiger partial charge >= 0.3 is 5.97 Å². The fraction of sp³-hybridized carbons (Fsp3) is 0.0526. The van der Waals surface area contributed by atoms with Crippen LogP contribution in [0.5, 0.6) is 0 Å². The van der Waals surface area contributed by atoms with E-state index < -0.39 is 17.5 Å². The Morgan fingerprint density at radius 3 is 2.28 bits per heavy atom. The molecule has 0 heterocycles. The van der Waals surface area contributed by atoms with Crippen molar-refractivity contribution in [3.05, 3.63) is 76.5 Å². The van der Waals surface area contributed by atoms with Gasteiger partial charge in [-0.2, -0.15) is 0 Å². The van der Waals surface area contributed by atoms with Crippen molar-refractivity contribution in [2.75, 3.05) is 7.11 Å². The SMILES string of the molecule is COC(=O)c1ccc(C=NC2=C(O)c3ccccc3C(=O)C2=O)cc1. The third kappa shape index (κ3) is 2.97. The van der Waals surface area contributed by atoms with Crippen LogP contribution in [0.15, 0.2) is 59.2 Å². The molecule has 124 valence electrons. The Balaban J connectivity index is 1.94. The van der Waals surface area contributed by atoms with Gasteiger partial charge in [0.1, 0.15) is 0 Å². The van der Waals surface area contributed by atoms with Crippen LogP contribution in [0.2, 0.25) is 0 Å². The number of benzene rings is 2. The number of carbonyl (C=O) groups excluding carboxylic acids is 3. The molecule has 0 aromatic heterocycles. The van der Waals surface area contributed by atoms with Gasteiger partial charge in [-0.15, -0.1) is 0 Å². The quantitative estimate of drug-likeness (QED) is 0.529. The lowest BCUT2D eigenvalue weighted by molar-refractivity contribution is -0.112. The molecule has 1 aliphatic carbocycles. The summed E-state index contributed by atoms with van der Waals surface area (Å²) in [7, 11) is 1.29. The van der Waals surface area contributed by atoms with Gasteiger partial charge in [-0.3, -0.25) is 9.59 Å². The maximum absolute atomic E-state index is 12.2. The molecule has 0 aliphatic heterocycles. The Morgan fingerprint density at radius 2 is 1.64 bits per heavy atom. The smallest absolute Gasteiger partial charge is 0.337 e. The summed E-state index contributed by atoms with van der Waals surface area (Å²) in [6.45, 7) is 0. The Hall–Kier alpha value is -3.54. The highest BCUT2D eigenvalue weighted by Crippen LogP contribution is 2.28. The summed E-state index contributed by atoms with van der Waals surface area (Å²) in [5.74, 6) is -2.36. The summed E-state index contributed by atoms with van der Waals surface area (Å²) in [5.41, 5.74) is 1.10. The molecule has 1 aliphatic rings. The number of aliphatic imine (C=N–C) groups is 1. The molecule has 0 spiro atoms. The zero-order chi connectivity index (χ0) is 18.0. The first kappa shape index (κ1) is 16.3. The number of ketones is 2. The lowest BCUT2D eigenvalue weighted by Crippen LogP contribution is -2.23. The van der Waals surface area contributed by atoms with Crippen LogP contribution >= 0.6 is 0 Å². The van der Waals surface area contributed by atoms with Gasteiger partial charge in [0, 0.05) is 17.3 Å². The topological polar surface area (TPSA) is 93.0 Å². The maximum atomic E-state index is 12.2. The summed E-state index contributed by atoms with van der Waals surface area (Å²) in [5, 5.41) is 10.3. The van der Waals surface area contributed by atoms with Crippen molar-refractivity contribution in [3.8, 4) is 0 Å². The number of aliphatic hydroxyl groups is 1. The van der Waals surface area contributed by atoms with Gasteiger partial charge in [-0.25, -0.2) is 9.79 Å². The summed E-state index contributed by atoms with van der Waals surface area (Å²) in [4.78, 5) is 39.6. The largest absolute Gasteiger partial charge is 0.505 e. The van der Waals surface area contributed by atoms with Crippen molar-refractivity contribution < 1.29 is 24.2 Å². The van der Waals surface area contributed by atoms with Crippen LogP contribution in [0.1, 0.15) is 31.8 Å². The Kier molecular flexibility index (Phi) is 4.26. The van der Waals surface area contributed by atoms with Gasteiger partial charge in [0.15, 0.2) is 11.5 Å². The van der Waals surface area contributed by atoms with Crippen LogP contribution in [0, 0.1) is 0 Å². The molecule has 25 heavy (non-hydrogen) atoms. The zero-order valence-electron chi connectivity index (χ0n) is 13.2. The molecular weight excluding hydrogens is 322 g/mol.